The molecule has 1 saturated heterocycles. The summed E-state index contributed by atoms with van der Waals surface area (Å²) in [6.07, 6.45) is 0.561. The number of ether oxygens (including phenoxy) is 1. The number of amides is 1. The molecule has 0 saturated carbocycles. The lowest BCUT2D eigenvalue weighted by Crippen LogP contribution is -3.14. The molecule has 2 rings (SSSR count). The van der Waals surface area contributed by atoms with Crippen LogP contribution < -0.4 is 10.2 Å². The molecule has 1 amide bonds. The predicted molar refractivity (Wildman–Crippen MR) is 73.8 cm³/mol. The summed E-state index contributed by atoms with van der Waals surface area (Å²) in [5.74, 6) is 0.0799. The van der Waals surface area contributed by atoms with Gasteiger partial charge >= 0.3 is 0 Å². The topological polar surface area (TPSA) is 42.8 Å². The van der Waals surface area contributed by atoms with Crippen LogP contribution >= 0.6 is 15.9 Å². The van der Waals surface area contributed by atoms with Crippen LogP contribution in [0.25, 0.3) is 0 Å². The summed E-state index contributed by atoms with van der Waals surface area (Å²) in [5, 5.41) is 2.90. The van der Waals surface area contributed by atoms with Crippen LogP contribution in [-0.4, -0.2) is 38.8 Å². The lowest BCUT2D eigenvalue weighted by molar-refractivity contribution is -0.907. The molecule has 98 valence electrons. The molecule has 1 heterocycles. The summed E-state index contributed by atoms with van der Waals surface area (Å²) in [5.41, 5.74) is 0.847. The molecule has 0 aliphatic carbocycles. The van der Waals surface area contributed by atoms with Gasteiger partial charge in [-0.3, -0.25) is 4.79 Å². The molecule has 5 heteroatoms. The van der Waals surface area contributed by atoms with Gasteiger partial charge in [0.25, 0.3) is 0 Å². The minimum atomic E-state index is 0.0799. The van der Waals surface area contributed by atoms with Crippen LogP contribution in [-0.2, 0) is 9.53 Å². The maximum Gasteiger partial charge on any atom is 0.230 e. The first-order chi connectivity index (χ1) is 8.74. The maximum absolute atomic E-state index is 11.8. The monoisotopic (exact) mass is 313 g/mol. The first-order valence-electron chi connectivity index (χ1n) is 6.21. The molecule has 18 heavy (non-hydrogen) atoms. The quantitative estimate of drug-likeness (QED) is 0.859. The number of halogens is 1. The second kappa shape index (κ2) is 6.87. The summed E-state index contributed by atoms with van der Waals surface area (Å²) in [6, 6.07) is 7.62. The highest BCUT2D eigenvalue weighted by atomic mass is 79.9. The summed E-state index contributed by atoms with van der Waals surface area (Å²) in [4.78, 5) is 13.2. The van der Waals surface area contributed by atoms with E-state index in [2.05, 4.69) is 21.2 Å². The SMILES string of the molecule is O=C(CC[NH+]1CCOCC1)Nc1ccc(Br)cc1. The fourth-order valence-electron chi connectivity index (χ4n) is 1.96. The van der Waals surface area contributed by atoms with Gasteiger partial charge in [0.2, 0.25) is 5.91 Å². The number of nitrogens with one attached hydrogen (secondary N) is 2. The Morgan fingerprint density at radius 3 is 2.61 bits per heavy atom. The number of carbonyl (C=O) groups excluding carboxylic acids is 1. The van der Waals surface area contributed by atoms with E-state index in [1.807, 2.05) is 24.3 Å². The van der Waals surface area contributed by atoms with Crippen LogP contribution in [0.1, 0.15) is 6.42 Å². The van der Waals surface area contributed by atoms with Crippen molar-refractivity contribution in [3.05, 3.63) is 28.7 Å². The van der Waals surface area contributed by atoms with E-state index >= 15 is 0 Å². The lowest BCUT2D eigenvalue weighted by atomic mass is 10.3. The molecular formula is C13H18BrN2O2+. The zero-order valence-corrected chi connectivity index (χ0v) is 11.8. The van der Waals surface area contributed by atoms with Gasteiger partial charge in [0.05, 0.1) is 26.2 Å². The molecule has 0 bridgehead atoms. The van der Waals surface area contributed by atoms with E-state index < -0.39 is 0 Å². The Bertz CT molecular complexity index is 388. The largest absolute Gasteiger partial charge is 0.370 e. The first-order valence-corrected chi connectivity index (χ1v) is 7.00. The van der Waals surface area contributed by atoms with E-state index in [-0.39, 0.29) is 5.91 Å². The second-order valence-corrected chi connectivity index (χ2v) is 5.33. The van der Waals surface area contributed by atoms with Crippen molar-refractivity contribution in [2.24, 2.45) is 0 Å². The summed E-state index contributed by atoms with van der Waals surface area (Å²) < 4.78 is 6.30. The van der Waals surface area contributed by atoms with Crippen molar-refractivity contribution in [3.8, 4) is 0 Å². The fraction of sp³-hybridized carbons (Fsp3) is 0.462. The average Bonchev–Trinajstić information content (AvgIpc) is 2.40. The Kier molecular flexibility index (Phi) is 5.16. The molecular weight excluding hydrogens is 296 g/mol. The fourth-order valence-corrected chi connectivity index (χ4v) is 2.22. The highest BCUT2D eigenvalue weighted by Crippen LogP contribution is 2.13. The molecule has 0 spiro atoms. The third-order valence-corrected chi connectivity index (χ3v) is 3.56. The highest BCUT2D eigenvalue weighted by Gasteiger charge is 2.15. The van der Waals surface area contributed by atoms with Gasteiger partial charge < -0.3 is 15.0 Å². The average molecular weight is 314 g/mol. The standard InChI is InChI=1S/C13H17BrN2O2/c14-11-1-3-12(4-2-11)15-13(17)5-6-16-7-9-18-10-8-16/h1-4H,5-10H2,(H,15,17)/p+1. The van der Waals surface area contributed by atoms with Crippen LogP contribution in [0.15, 0.2) is 28.7 Å². The molecule has 1 aromatic rings. The molecule has 0 unspecified atom stereocenters. The first kappa shape index (κ1) is 13.5. The Hall–Kier alpha value is -0.910. The van der Waals surface area contributed by atoms with Crippen molar-refractivity contribution in [1.29, 1.82) is 0 Å². The van der Waals surface area contributed by atoms with Crippen LogP contribution in [0.5, 0.6) is 0 Å². The van der Waals surface area contributed by atoms with Gasteiger partial charge in [0, 0.05) is 10.2 Å². The van der Waals surface area contributed by atoms with Crippen molar-refractivity contribution in [2.45, 2.75) is 6.42 Å². The van der Waals surface area contributed by atoms with E-state index in [0.717, 1.165) is 43.0 Å². The third kappa shape index (κ3) is 4.40. The second-order valence-electron chi connectivity index (χ2n) is 4.42. The molecule has 0 aromatic heterocycles. The summed E-state index contributed by atoms with van der Waals surface area (Å²) in [6.45, 7) is 4.51. The van der Waals surface area contributed by atoms with Crippen LogP contribution in [0.3, 0.4) is 0 Å². The van der Waals surface area contributed by atoms with Gasteiger partial charge in [0.1, 0.15) is 13.1 Å². The van der Waals surface area contributed by atoms with Gasteiger partial charge in [-0.1, -0.05) is 15.9 Å². The van der Waals surface area contributed by atoms with Crippen molar-refractivity contribution in [1.82, 2.24) is 0 Å². The van der Waals surface area contributed by atoms with Crippen LogP contribution in [0, 0.1) is 0 Å². The molecule has 1 aliphatic heterocycles. The molecule has 4 nitrogen and oxygen atoms in total. The number of carbonyl (C=O) groups is 1. The van der Waals surface area contributed by atoms with Gasteiger partial charge in [-0.05, 0) is 24.3 Å². The zero-order valence-electron chi connectivity index (χ0n) is 10.2. The Labute approximate surface area is 115 Å². The number of hydrogen-bond donors (Lipinski definition) is 2. The maximum atomic E-state index is 11.8. The van der Waals surface area contributed by atoms with Gasteiger partial charge in [-0.25, -0.2) is 0 Å². The van der Waals surface area contributed by atoms with Crippen molar-refractivity contribution >= 4 is 27.5 Å². The highest BCUT2D eigenvalue weighted by molar-refractivity contribution is 9.10. The van der Waals surface area contributed by atoms with Crippen molar-refractivity contribution < 1.29 is 14.4 Å². The molecule has 0 radical (unpaired) electrons. The van der Waals surface area contributed by atoms with E-state index in [4.69, 9.17) is 4.74 Å². The Balaban J connectivity index is 1.73. The van der Waals surface area contributed by atoms with Gasteiger partial charge in [-0.15, -0.1) is 0 Å². The predicted octanol–water partition coefficient (Wildman–Crippen LogP) is 0.693. The normalized spacial score (nSPS) is 16.5. The van der Waals surface area contributed by atoms with Crippen molar-refractivity contribution in [2.75, 3.05) is 38.2 Å². The van der Waals surface area contributed by atoms with Crippen LogP contribution in [0.4, 0.5) is 5.69 Å². The smallest absolute Gasteiger partial charge is 0.230 e. The van der Waals surface area contributed by atoms with Gasteiger partial charge in [0.15, 0.2) is 0 Å². The Morgan fingerprint density at radius 1 is 1.28 bits per heavy atom. The van der Waals surface area contributed by atoms with E-state index in [1.165, 1.54) is 4.90 Å². The Morgan fingerprint density at radius 2 is 1.94 bits per heavy atom. The number of benzene rings is 1. The summed E-state index contributed by atoms with van der Waals surface area (Å²) >= 11 is 3.37. The number of morpholine rings is 1. The van der Waals surface area contributed by atoms with Crippen LogP contribution in [0.2, 0.25) is 0 Å². The number of rotatable bonds is 4. The van der Waals surface area contributed by atoms with E-state index in [9.17, 15) is 4.79 Å². The molecule has 2 N–H and O–H groups in total. The molecule has 0 atom stereocenters. The number of quaternary nitrogens is 1. The number of hydrogen-bond acceptors (Lipinski definition) is 2. The lowest BCUT2D eigenvalue weighted by Gasteiger charge is -2.23. The molecule has 1 aromatic carbocycles. The number of anilines is 1. The third-order valence-electron chi connectivity index (χ3n) is 3.03. The van der Waals surface area contributed by atoms with Gasteiger partial charge in [-0.2, -0.15) is 0 Å². The van der Waals surface area contributed by atoms with E-state index in [0.29, 0.717) is 6.42 Å². The van der Waals surface area contributed by atoms with Crippen molar-refractivity contribution in [3.63, 3.8) is 0 Å². The summed E-state index contributed by atoms with van der Waals surface area (Å²) in [7, 11) is 0. The molecule has 1 fully saturated rings. The molecule has 1 aliphatic rings. The minimum absolute atomic E-state index is 0.0799. The zero-order chi connectivity index (χ0) is 12.8. The van der Waals surface area contributed by atoms with E-state index in [1.54, 1.807) is 0 Å². The minimum Gasteiger partial charge on any atom is -0.370 e.